The van der Waals surface area contributed by atoms with Crippen molar-refractivity contribution in [2.45, 2.75) is 77.8 Å². The molecule has 248 valence electrons. The molecule has 11 heteroatoms. The van der Waals surface area contributed by atoms with E-state index in [1.165, 1.54) is 12.3 Å². The van der Waals surface area contributed by atoms with Crippen LogP contribution in [-0.2, 0) is 30.7 Å². The number of aliphatic hydroxyl groups is 2. The molecule has 0 aliphatic carbocycles. The van der Waals surface area contributed by atoms with Gasteiger partial charge in [-0.05, 0) is 74.9 Å². The lowest BCUT2D eigenvalue weighted by Gasteiger charge is -2.28. The smallest absolute Gasteiger partial charge is 0.251 e. The molecule has 2 aromatic carbocycles. The predicted octanol–water partition coefficient (Wildman–Crippen LogP) is 4.05. The molecule has 4 rings (SSSR count). The number of hydrogen-bond acceptors (Lipinski definition) is 10. The van der Waals surface area contributed by atoms with E-state index in [1.54, 1.807) is 18.2 Å². The molecular formula is C35H48N6O5. The summed E-state index contributed by atoms with van der Waals surface area (Å²) in [6.45, 7) is 8.36. The molecule has 1 saturated heterocycles. The summed E-state index contributed by atoms with van der Waals surface area (Å²) in [5, 5.41) is 51.4. The first-order valence-corrected chi connectivity index (χ1v) is 16.1. The first-order chi connectivity index (χ1) is 22.3. The van der Waals surface area contributed by atoms with E-state index in [0.29, 0.717) is 67.2 Å². The number of carbonyl (C=O) groups is 1. The van der Waals surface area contributed by atoms with Crippen LogP contribution in [0.2, 0.25) is 0 Å². The highest BCUT2D eigenvalue weighted by atomic mass is 16.5. The number of ether oxygens (including phenoxy) is 1. The van der Waals surface area contributed by atoms with E-state index in [4.69, 9.17) is 15.1 Å². The number of nitrogens with one attached hydrogen (secondary N) is 5. The van der Waals surface area contributed by atoms with Crippen molar-refractivity contribution < 1.29 is 24.9 Å². The van der Waals surface area contributed by atoms with Gasteiger partial charge in [0.05, 0.1) is 24.0 Å². The number of pyridine rings is 1. The molecule has 0 radical (unpaired) electrons. The molecule has 11 nitrogen and oxygen atoms in total. The number of anilines is 2. The highest BCUT2D eigenvalue weighted by Crippen LogP contribution is 2.31. The number of aryl methyl sites for hydroxylation is 1. The van der Waals surface area contributed by atoms with Crippen molar-refractivity contribution in [3.63, 3.8) is 0 Å². The van der Waals surface area contributed by atoms with Crippen molar-refractivity contribution in [3.05, 3.63) is 81.5 Å². The average Bonchev–Trinajstić information content (AvgIpc) is 3.07. The fourth-order valence-electron chi connectivity index (χ4n) is 5.73. The maximum absolute atomic E-state index is 13.4. The number of rotatable bonds is 16. The molecule has 1 aromatic heterocycles. The third-order valence-corrected chi connectivity index (χ3v) is 8.29. The molecule has 1 amide bonds. The van der Waals surface area contributed by atoms with Crippen LogP contribution in [0, 0.1) is 5.41 Å². The van der Waals surface area contributed by atoms with Gasteiger partial charge in [-0.1, -0.05) is 25.1 Å². The largest absolute Gasteiger partial charge is 0.508 e. The van der Waals surface area contributed by atoms with Gasteiger partial charge in [-0.2, -0.15) is 0 Å². The van der Waals surface area contributed by atoms with Gasteiger partial charge in [-0.3, -0.25) is 4.79 Å². The lowest BCUT2D eigenvalue weighted by Crippen LogP contribution is -2.32. The zero-order valence-corrected chi connectivity index (χ0v) is 27.0. The van der Waals surface area contributed by atoms with E-state index in [2.05, 4.69) is 21.3 Å². The molecule has 0 bridgehead atoms. The second kappa shape index (κ2) is 17.0. The number of hydrogen-bond donors (Lipinski definition) is 8. The number of amides is 1. The molecule has 8 N–H and O–H groups in total. The molecule has 2 atom stereocenters. The number of benzene rings is 2. The van der Waals surface area contributed by atoms with E-state index in [9.17, 15) is 20.1 Å². The van der Waals surface area contributed by atoms with Gasteiger partial charge < -0.3 is 46.7 Å². The molecule has 2 heterocycles. The minimum absolute atomic E-state index is 0.00319. The molecule has 1 aliphatic heterocycles. The maximum Gasteiger partial charge on any atom is 0.251 e. The summed E-state index contributed by atoms with van der Waals surface area (Å²) in [5.41, 5.74) is 5.77. The molecule has 1 fully saturated rings. The standard InChI is InChI=1S/C35H48N6O5/c1-4-30-29(33(40-27-11-13-46-14-12-27)28(18-36)34(41-30)37-5-2)19-39-35(45)25-8-6-7-23(16-25)15-22(3)38-20-32(44)24-9-10-31(43)26(17-24)21-42/h6-10,16-18,22,27,32,36,38,42-44H,4-5,11-15,19-21H2,1-3H3,(H,39,45)(H2,37,40,41). The van der Waals surface area contributed by atoms with E-state index in [-0.39, 0.29) is 36.9 Å². The quantitative estimate of drug-likeness (QED) is 0.109. The summed E-state index contributed by atoms with van der Waals surface area (Å²) in [5.74, 6) is 0.465. The van der Waals surface area contributed by atoms with Gasteiger partial charge in [0, 0.05) is 73.5 Å². The number of aromatic hydroxyl groups is 1. The molecule has 46 heavy (non-hydrogen) atoms. The number of phenols is 1. The number of aromatic nitrogens is 1. The minimum Gasteiger partial charge on any atom is -0.508 e. The first-order valence-electron chi connectivity index (χ1n) is 16.1. The van der Waals surface area contributed by atoms with Crippen molar-refractivity contribution in [2.24, 2.45) is 0 Å². The maximum atomic E-state index is 13.4. The van der Waals surface area contributed by atoms with Crippen LogP contribution in [0.1, 0.15) is 83.6 Å². The van der Waals surface area contributed by atoms with E-state index < -0.39 is 6.10 Å². The second-order valence-corrected chi connectivity index (χ2v) is 11.7. The molecule has 3 aromatic rings. The van der Waals surface area contributed by atoms with Gasteiger partial charge in [0.1, 0.15) is 11.6 Å². The van der Waals surface area contributed by atoms with E-state index in [0.717, 1.165) is 35.3 Å². The zero-order valence-electron chi connectivity index (χ0n) is 27.0. The lowest BCUT2D eigenvalue weighted by molar-refractivity contribution is 0.0904. The zero-order chi connectivity index (χ0) is 33.1. The van der Waals surface area contributed by atoms with Crippen LogP contribution in [0.5, 0.6) is 5.75 Å². The Kier molecular flexibility index (Phi) is 12.9. The Morgan fingerprint density at radius 3 is 2.65 bits per heavy atom. The predicted molar refractivity (Wildman–Crippen MR) is 181 cm³/mol. The second-order valence-electron chi connectivity index (χ2n) is 11.7. The Hall–Kier alpha value is -4.03. The van der Waals surface area contributed by atoms with Crippen molar-refractivity contribution in [1.29, 1.82) is 5.41 Å². The van der Waals surface area contributed by atoms with Crippen molar-refractivity contribution in [3.8, 4) is 5.75 Å². The van der Waals surface area contributed by atoms with Gasteiger partial charge in [0.15, 0.2) is 0 Å². The summed E-state index contributed by atoms with van der Waals surface area (Å²) in [7, 11) is 0. The van der Waals surface area contributed by atoms with Crippen LogP contribution < -0.4 is 21.3 Å². The highest BCUT2D eigenvalue weighted by Gasteiger charge is 2.23. The van der Waals surface area contributed by atoms with Crippen LogP contribution in [0.4, 0.5) is 11.5 Å². The summed E-state index contributed by atoms with van der Waals surface area (Å²) < 4.78 is 5.55. The SMILES string of the molecule is CCNc1nc(CC)c(CNC(=O)c2cccc(CC(C)NCC(O)c3ccc(O)c(CO)c3)c2)c(NC2CCOCC2)c1C=N. The van der Waals surface area contributed by atoms with E-state index in [1.807, 2.05) is 39.0 Å². The molecule has 0 spiro atoms. The third-order valence-electron chi connectivity index (χ3n) is 8.29. The van der Waals surface area contributed by atoms with Gasteiger partial charge >= 0.3 is 0 Å². The van der Waals surface area contributed by atoms with Crippen molar-refractivity contribution >= 4 is 23.6 Å². The van der Waals surface area contributed by atoms with Crippen LogP contribution in [0.25, 0.3) is 0 Å². The Morgan fingerprint density at radius 1 is 1.17 bits per heavy atom. The Morgan fingerprint density at radius 2 is 1.96 bits per heavy atom. The Bertz CT molecular complexity index is 1480. The van der Waals surface area contributed by atoms with Gasteiger partial charge in [0.2, 0.25) is 0 Å². The number of carbonyl (C=O) groups excluding carboxylic acids is 1. The van der Waals surface area contributed by atoms with Crippen LogP contribution >= 0.6 is 0 Å². The summed E-state index contributed by atoms with van der Waals surface area (Å²) in [6, 6.07) is 12.4. The average molecular weight is 633 g/mol. The number of nitrogens with zero attached hydrogens (tertiary/aromatic N) is 1. The molecule has 2 unspecified atom stereocenters. The topological polar surface area (TPSA) is 172 Å². The summed E-state index contributed by atoms with van der Waals surface area (Å²) >= 11 is 0. The third kappa shape index (κ3) is 9.03. The number of aliphatic hydroxyl groups excluding tert-OH is 2. The van der Waals surface area contributed by atoms with Gasteiger partial charge in [0.25, 0.3) is 5.91 Å². The van der Waals surface area contributed by atoms with Crippen LogP contribution in [-0.4, -0.2) is 70.8 Å². The minimum atomic E-state index is -0.807. The van der Waals surface area contributed by atoms with Crippen molar-refractivity contribution in [1.82, 2.24) is 15.6 Å². The lowest BCUT2D eigenvalue weighted by atomic mass is 10.0. The fraction of sp³-hybridized carbons (Fsp3) is 0.457. The van der Waals surface area contributed by atoms with Crippen LogP contribution in [0.15, 0.2) is 42.5 Å². The van der Waals surface area contributed by atoms with Gasteiger partial charge in [-0.15, -0.1) is 0 Å². The summed E-state index contributed by atoms with van der Waals surface area (Å²) in [4.78, 5) is 18.3. The summed E-state index contributed by atoms with van der Waals surface area (Å²) in [6.07, 6.45) is 3.57. The Balaban J connectivity index is 1.43. The molecule has 1 aliphatic rings. The Labute approximate surface area is 271 Å². The first kappa shape index (κ1) is 34.8. The van der Waals surface area contributed by atoms with E-state index >= 15 is 0 Å². The fourth-order valence-corrected chi connectivity index (χ4v) is 5.73. The highest BCUT2D eigenvalue weighted by molar-refractivity contribution is 5.96. The van der Waals surface area contributed by atoms with Gasteiger partial charge in [-0.25, -0.2) is 4.98 Å². The van der Waals surface area contributed by atoms with Crippen LogP contribution in [0.3, 0.4) is 0 Å². The monoisotopic (exact) mass is 632 g/mol. The van der Waals surface area contributed by atoms with Crippen molar-refractivity contribution in [2.75, 3.05) is 36.9 Å². The normalized spacial score (nSPS) is 14.8. The molecule has 0 saturated carbocycles. The molecular weight excluding hydrogens is 584 g/mol.